The van der Waals surface area contributed by atoms with E-state index in [0.29, 0.717) is 29.1 Å². The molecule has 1 saturated carbocycles. The Morgan fingerprint density at radius 1 is 1.18 bits per heavy atom. The van der Waals surface area contributed by atoms with Gasteiger partial charge >= 0.3 is 0 Å². The van der Waals surface area contributed by atoms with Gasteiger partial charge in [0.2, 0.25) is 5.78 Å². The van der Waals surface area contributed by atoms with E-state index in [9.17, 15) is 9.59 Å². The Morgan fingerprint density at radius 3 is 2.75 bits per heavy atom. The van der Waals surface area contributed by atoms with E-state index in [-0.39, 0.29) is 11.7 Å². The summed E-state index contributed by atoms with van der Waals surface area (Å²) in [5, 5.41) is 4.43. The van der Waals surface area contributed by atoms with Gasteiger partial charge in [-0.05, 0) is 49.2 Å². The fraction of sp³-hybridized carbons (Fsp3) is 0.286. The van der Waals surface area contributed by atoms with Crippen LogP contribution in [-0.4, -0.2) is 33.2 Å². The zero-order valence-electron chi connectivity index (χ0n) is 15.2. The van der Waals surface area contributed by atoms with E-state index in [2.05, 4.69) is 15.3 Å². The van der Waals surface area contributed by atoms with Gasteiger partial charge in [0.25, 0.3) is 5.91 Å². The van der Waals surface area contributed by atoms with Crippen molar-refractivity contribution in [3.05, 3.63) is 65.1 Å². The number of hydrogen-bond acceptors (Lipinski definition) is 4. The molecule has 6 nitrogen and oxygen atoms in total. The number of aromatic nitrogens is 2. The summed E-state index contributed by atoms with van der Waals surface area (Å²) in [5.41, 5.74) is 7.23. The zero-order chi connectivity index (χ0) is 19.7. The molecule has 0 radical (unpaired) electrons. The van der Waals surface area contributed by atoms with Crippen LogP contribution in [0.4, 0.5) is 0 Å². The number of carbonyl (C=O) groups excluding carboxylic acids is 2. The van der Waals surface area contributed by atoms with Gasteiger partial charge in [0.05, 0.1) is 11.7 Å². The summed E-state index contributed by atoms with van der Waals surface area (Å²) >= 11 is 6.05. The number of hydrogen-bond donors (Lipinski definition) is 3. The maximum absolute atomic E-state index is 13.4. The van der Waals surface area contributed by atoms with Crippen molar-refractivity contribution in [2.45, 2.75) is 37.3 Å². The van der Waals surface area contributed by atoms with E-state index in [1.165, 1.54) is 0 Å². The van der Waals surface area contributed by atoms with Crippen molar-refractivity contribution in [2.24, 2.45) is 5.73 Å². The Kier molecular flexibility index (Phi) is 4.91. The van der Waals surface area contributed by atoms with E-state index in [1.54, 1.807) is 42.7 Å². The Bertz CT molecular complexity index is 1030. The number of aromatic amines is 1. The first kappa shape index (κ1) is 18.7. The van der Waals surface area contributed by atoms with Gasteiger partial charge in [-0.25, -0.2) is 0 Å². The number of nitrogens with zero attached hydrogens (tertiary/aromatic N) is 1. The average molecular weight is 397 g/mol. The molecule has 28 heavy (non-hydrogen) atoms. The van der Waals surface area contributed by atoms with Crippen molar-refractivity contribution in [3.8, 4) is 0 Å². The number of ketones is 1. The normalized spacial score (nSPS) is 22.1. The highest BCUT2D eigenvalue weighted by molar-refractivity contribution is 6.31. The van der Waals surface area contributed by atoms with E-state index >= 15 is 0 Å². The molecule has 7 heteroatoms. The second-order valence-electron chi connectivity index (χ2n) is 7.29. The van der Waals surface area contributed by atoms with Crippen molar-refractivity contribution in [2.75, 3.05) is 0 Å². The average Bonchev–Trinajstić information content (AvgIpc) is 3.12. The molecule has 4 rings (SSSR count). The van der Waals surface area contributed by atoms with Crippen LogP contribution in [0.3, 0.4) is 0 Å². The van der Waals surface area contributed by atoms with Crippen LogP contribution in [0.5, 0.6) is 0 Å². The standard InChI is InChI=1S/C21H21ClN4O2/c22-15-4-5-16-14(11-15)12-17(25-16)19(27)21(23)8-2-1-3-18(21)26-20(28)13-6-9-24-10-7-13/h4-7,9-12,18,25H,1-3,8,23H2,(H,26,28). The highest BCUT2D eigenvalue weighted by atomic mass is 35.5. The number of benzene rings is 1. The second kappa shape index (κ2) is 7.37. The number of fused-ring (bicyclic) bond motifs is 1. The number of nitrogens with two attached hydrogens (primary N) is 1. The molecule has 0 aliphatic heterocycles. The molecule has 0 saturated heterocycles. The number of H-pyrrole nitrogens is 1. The predicted octanol–water partition coefficient (Wildman–Crippen LogP) is 3.47. The second-order valence-corrected chi connectivity index (χ2v) is 7.73. The van der Waals surface area contributed by atoms with Gasteiger partial charge in [-0.3, -0.25) is 14.6 Å². The first-order valence-corrected chi connectivity index (χ1v) is 9.68. The quantitative estimate of drug-likeness (QED) is 0.588. The highest BCUT2D eigenvalue weighted by Crippen LogP contribution is 2.31. The van der Waals surface area contributed by atoms with Gasteiger partial charge in [0.15, 0.2) is 0 Å². The predicted molar refractivity (Wildman–Crippen MR) is 109 cm³/mol. The van der Waals surface area contributed by atoms with Crippen molar-refractivity contribution >= 4 is 34.2 Å². The first-order chi connectivity index (χ1) is 13.5. The van der Waals surface area contributed by atoms with Gasteiger partial charge in [0.1, 0.15) is 5.54 Å². The number of amides is 1. The first-order valence-electron chi connectivity index (χ1n) is 9.30. The number of pyridine rings is 1. The minimum absolute atomic E-state index is 0.195. The van der Waals surface area contributed by atoms with Crippen molar-refractivity contribution in [1.29, 1.82) is 0 Å². The lowest BCUT2D eigenvalue weighted by Gasteiger charge is -2.40. The minimum atomic E-state index is -1.16. The van der Waals surface area contributed by atoms with Gasteiger partial charge in [0, 0.05) is 33.9 Å². The maximum atomic E-state index is 13.4. The van der Waals surface area contributed by atoms with Crippen LogP contribution in [0.25, 0.3) is 10.9 Å². The molecule has 2 unspecified atom stereocenters. The smallest absolute Gasteiger partial charge is 0.251 e. The molecule has 0 bridgehead atoms. The maximum Gasteiger partial charge on any atom is 0.251 e. The molecule has 1 aliphatic carbocycles. The van der Waals surface area contributed by atoms with Gasteiger partial charge in [-0.2, -0.15) is 0 Å². The van der Waals surface area contributed by atoms with Crippen LogP contribution in [0.2, 0.25) is 5.02 Å². The molecule has 1 aliphatic rings. The molecule has 3 aromatic rings. The van der Waals surface area contributed by atoms with Crippen molar-refractivity contribution < 1.29 is 9.59 Å². The lowest BCUT2D eigenvalue weighted by atomic mass is 9.74. The van der Waals surface area contributed by atoms with Gasteiger partial charge in [-0.1, -0.05) is 24.4 Å². The highest BCUT2D eigenvalue weighted by Gasteiger charge is 2.45. The molecular weight excluding hydrogens is 376 g/mol. The van der Waals surface area contributed by atoms with Crippen molar-refractivity contribution in [1.82, 2.24) is 15.3 Å². The Labute approximate surface area is 167 Å². The van der Waals surface area contributed by atoms with Crippen LogP contribution < -0.4 is 11.1 Å². The van der Waals surface area contributed by atoms with E-state index in [0.717, 1.165) is 23.7 Å². The zero-order valence-corrected chi connectivity index (χ0v) is 16.0. The number of Topliss-reactive ketones (excluding diaryl/α,β-unsaturated/α-hetero) is 1. The van der Waals surface area contributed by atoms with Gasteiger partial charge < -0.3 is 16.0 Å². The summed E-state index contributed by atoms with van der Waals surface area (Å²) in [7, 11) is 0. The fourth-order valence-corrected chi connectivity index (χ4v) is 4.07. The Hall–Kier alpha value is -2.70. The fourth-order valence-electron chi connectivity index (χ4n) is 3.89. The van der Waals surface area contributed by atoms with Crippen LogP contribution in [0, 0.1) is 0 Å². The summed E-state index contributed by atoms with van der Waals surface area (Å²) in [5.74, 6) is -0.445. The molecule has 4 N–H and O–H groups in total. The summed E-state index contributed by atoms with van der Waals surface area (Å²) in [6.45, 7) is 0. The third-order valence-electron chi connectivity index (χ3n) is 5.45. The number of nitrogens with one attached hydrogen (secondary N) is 2. The Morgan fingerprint density at radius 2 is 1.96 bits per heavy atom. The molecule has 144 valence electrons. The molecule has 2 heterocycles. The molecule has 1 aromatic carbocycles. The van der Waals surface area contributed by atoms with Gasteiger partial charge in [-0.15, -0.1) is 0 Å². The number of carbonyl (C=O) groups is 2. The van der Waals surface area contributed by atoms with E-state index < -0.39 is 11.6 Å². The SMILES string of the molecule is NC1(C(=O)c2cc3cc(Cl)ccc3[nH]2)CCCCC1NC(=O)c1ccncc1. The third-order valence-corrected chi connectivity index (χ3v) is 5.69. The monoisotopic (exact) mass is 396 g/mol. The number of halogens is 1. The molecule has 2 aromatic heterocycles. The summed E-state index contributed by atoms with van der Waals surface area (Å²) < 4.78 is 0. The van der Waals surface area contributed by atoms with Crippen LogP contribution in [0.1, 0.15) is 46.5 Å². The largest absolute Gasteiger partial charge is 0.352 e. The number of rotatable bonds is 4. The van der Waals surface area contributed by atoms with Crippen LogP contribution >= 0.6 is 11.6 Å². The van der Waals surface area contributed by atoms with E-state index in [1.807, 2.05) is 6.07 Å². The van der Waals surface area contributed by atoms with E-state index in [4.69, 9.17) is 17.3 Å². The minimum Gasteiger partial charge on any atom is -0.352 e. The molecular formula is C21H21ClN4O2. The molecule has 2 atom stereocenters. The topological polar surface area (TPSA) is 101 Å². The lowest BCUT2D eigenvalue weighted by molar-refractivity contribution is 0.0755. The summed E-state index contributed by atoms with van der Waals surface area (Å²) in [4.78, 5) is 33.0. The molecule has 1 fully saturated rings. The summed E-state index contributed by atoms with van der Waals surface area (Å²) in [6.07, 6.45) is 6.05. The summed E-state index contributed by atoms with van der Waals surface area (Å²) in [6, 6.07) is 10.0. The Balaban J connectivity index is 1.62. The molecule has 0 spiro atoms. The molecule has 1 amide bonds. The van der Waals surface area contributed by atoms with Crippen LogP contribution in [0.15, 0.2) is 48.8 Å². The third kappa shape index (κ3) is 3.41. The lowest BCUT2D eigenvalue weighted by Crippen LogP contribution is -2.64. The van der Waals surface area contributed by atoms with Crippen LogP contribution in [-0.2, 0) is 0 Å². The van der Waals surface area contributed by atoms with Crippen molar-refractivity contribution in [3.63, 3.8) is 0 Å².